The van der Waals surface area contributed by atoms with Crippen LogP contribution in [0.2, 0.25) is 5.02 Å². The maximum Gasteiger partial charge on any atom is 0.214 e. The molecule has 0 amide bonds. The summed E-state index contributed by atoms with van der Waals surface area (Å²) in [5.41, 5.74) is 4.21. The first kappa shape index (κ1) is 18.6. The molecule has 24 heavy (non-hydrogen) atoms. The van der Waals surface area contributed by atoms with Crippen LogP contribution in [0.25, 0.3) is 0 Å². The number of nitrogens with one attached hydrogen (secondary N) is 2. The molecule has 0 saturated carbocycles. The van der Waals surface area contributed by atoms with Crippen LogP contribution in [0.15, 0.2) is 12.1 Å². The van der Waals surface area contributed by atoms with Gasteiger partial charge in [0.25, 0.3) is 0 Å². The van der Waals surface area contributed by atoms with Gasteiger partial charge in [0.1, 0.15) is 0 Å². The summed E-state index contributed by atoms with van der Waals surface area (Å²) in [5.74, 6) is 2.06. The van der Waals surface area contributed by atoms with Crippen molar-refractivity contribution < 1.29 is 9.47 Å². The lowest BCUT2D eigenvalue weighted by Gasteiger charge is -2.18. The van der Waals surface area contributed by atoms with Crippen molar-refractivity contribution >= 4 is 23.8 Å². The van der Waals surface area contributed by atoms with Crippen LogP contribution < -0.4 is 14.9 Å². The highest BCUT2D eigenvalue weighted by Crippen LogP contribution is 2.37. The molecule has 6 nitrogen and oxygen atoms in total. The Morgan fingerprint density at radius 1 is 1.38 bits per heavy atom. The number of nitrogens with zero attached hydrogens (tertiary/aromatic N) is 2. The Bertz CT molecular complexity index is 742. The molecule has 2 aromatic rings. The van der Waals surface area contributed by atoms with E-state index in [9.17, 15) is 0 Å². The Morgan fingerprint density at radius 3 is 2.75 bits per heavy atom. The smallest absolute Gasteiger partial charge is 0.214 e. The number of aromatic amines is 1. The molecule has 0 bridgehead atoms. The Balaban J connectivity index is 2.24. The third-order valence-corrected chi connectivity index (χ3v) is 3.78. The maximum absolute atomic E-state index is 6.39. The van der Waals surface area contributed by atoms with Crippen molar-refractivity contribution in [2.45, 2.75) is 46.8 Å². The number of halogens is 1. The molecule has 0 unspecified atom stereocenters. The minimum absolute atomic E-state index is 0.0158. The molecule has 0 atom stereocenters. The number of hydrogen-bond acceptors (Lipinski definition) is 5. The molecule has 8 heteroatoms. The zero-order valence-corrected chi connectivity index (χ0v) is 15.9. The maximum atomic E-state index is 6.39. The van der Waals surface area contributed by atoms with Gasteiger partial charge in [-0.25, -0.2) is 4.68 Å². The summed E-state index contributed by atoms with van der Waals surface area (Å²) in [6.07, 6.45) is 0.786. The highest BCUT2D eigenvalue weighted by Gasteiger charge is 2.14. The minimum Gasteiger partial charge on any atom is -0.490 e. The fourth-order valence-corrected chi connectivity index (χ4v) is 2.73. The molecular formula is C16H23ClN4O2S. The van der Waals surface area contributed by atoms with E-state index < -0.39 is 0 Å². The number of aromatic nitrogens is 3. The predicted octanol–water partition coefficient (Wildman–Crippen LogP) is 4.09. The molecule has 2 N–H and O–H groups in total. The average Bonchev–Trinajstić information content (AvgIpc) is 2.88. The molecule has 1 aromatic carbocycles. The molecule has 0 aliphatic rings. The molecular weight excluding hydrogens is 348 g/mol. The highest BCUT2D eigenvalue weighted by atomic mass is 35.5. The van der Waals surface area contributed by atoms with Crippen LogP contribution in [0.5, 0.6) is 11.5 Å². The summed E-state index contributed by atoms with van der Waals surface area (Å²) in [4.78, 5) is 0. The number of ether oxygens (including phenoxy) is 2. The number of aryl methyl sites for hydroxylation is 1. The number of hydrogen-bond donors (Lipinski definition) is 2. The fourth-order valence-electron chi connectivity index (χ4n) is 2.24. The van der Waals surface area contributed by atoms with E-state index in [-0.39, 0.29) is 6.10 Å². The predicted molar refractivity (Wildman–Crippen MR) is 98.2 cm³/mol. The van der Waals surface area contributed by atoms with Gasteiger partial charge in [0.2, 0.25) is 4.77 Å². The van der Waals surface area contributed by atoms with Crippen molar-refractivity contribution in [3.8, 4) is 11.5 Å². The summed E-state index contributed by atoms with van der Waals surface area (Å²) < 4.78 is 13.8. The summed E-state index contributed by atoms with van der Waals surface area (Å²) in [7, 11) is 0. The van der Waals surface area contributed by atoms with Crippen molar-refractivity contribution in [2.75, 3.05) is 12.0 Å². The Hall–Kier alpha value is -1.73. The van der Waals surface area contributed by atoms with E-state index in [1.165, 1.54) is 0 Å². The molecule has 1 aromatic heterocycles. The number of benzene rings is 1. The van der Waals surface area contributed by atoms with E-state index >= 15 is 0 Å². The van der Waals surface area contributed by atoms with Crippen LogP contribution in [0.1, 0.15) is 39.1 Å². The third-order valence-electron chi connectivity index (χ3n) is 3.22. The van der Waals surface area contributed by atoms with Gasteiger partial charge in [0.05, 0.1) is 24.3 Å². The minimum atomic E-state index is 0.0158. The van der Waals surface area contributed by atoms with Crippen molar-refractivity contribution in [1.82, 2.24) is 14.9 Å². The first-order chi connectivity index (χ1) is 11.5. The van der Waals surface area contributed by atoms with Crippen molar-refractivity contribution in [2.24, 2.45) is 0 Å². The number of H-pyrrole nitrogens is 1. The molecule has 0 aliphatic carbocycles. The number of rotatable bonds is 8. The van der Waals surface area contributed by atoms with E-state index in [2.05, 4.69) is 15.6 Å². The zero-order valence-electron chi connectivity index (χ0n) is 14.4. The Labute approximate surface area is 152 Å². The van der Waals surface area contributed by atoms with Gasteiger partial charge in [-0.3, -0.25) is 5.10 Å². The lowest BCUT2D eigenvalue weighted by molar-refractivity contribution is 0.224. The standard InChI is InChI=1S/C16H23ClN4O2S/c1-5-14-19-20-16(24)21(14)18-9-11-7-12(17)15(23-10(3)4)13(8-11)22-6-2/h7-8,10,18H,5-6,9H2,1-4H3,(H,20,24). The van der Waals surface area contributed by atoms with E-state index in [1.54, 1.807) is 4.68 Å². The van der Waals surface area contributed by atoms with Gasteiger partial charge in [-0.1, -0.05) is 18.5 Å². The monoisotopic (exact) mass is 370 g/mol. The lowest BCUT2D eigenvalue weighted by atomic mass is 10.2. The van der Waals surface area contributed by atoms with Crippen LogP contribution in [0, 0.1) is 4.77 Å². The fraction of sp³-hybridized carbons (Fsp3) is 0.500. The van der Waals surface area contributed by atoms with Gasteiger partial charge in [0, 0.05) is 6.42 Å². The molecule has 0 spiro atoms. The van der Waals surface area contributed by atoms with Gasteiger partial charge in [-0.15, -0.1) is 0 Å². The van der Waals surface area contributed by atoms with E-state index in [0.29, 0.717) is 34.4 Å². The van der Waals surface area contributed by atoms with Crippen LogP contribution >= 0.6 is 23.8 Å². The van der Waals surface area contributed by atoms with Crippen LogP contribution in [-0.2, 0) is 13.0 Å². The largest absolute Gasteiger partial charge is 0.490 e. The zero-order chi connectivity index (χ0) is 17.7. The molecule has 0 radical (unpaired) electrons. The molecule has 1 heterocycles. The first-order valence-corrected chi connectivity index (χ1v) is 8.76. The van der Waals surface area contributed by atoms with Crippen LogP contribution in [0.3, 0.4) is 0 Å². The molecule has 132 valence electrons. The lowest BCUT2D eigenvalue weighted by Crippen LogP contribution is -2.17. The molecule has 2 rings (SSSR count). The average molecular weight is 371 g/mol. The van der Waals surface area contributed by atoms with Crippen LogP contribution in [-0.4, -0.2) is 27.6 Å². The Morgan fingerprint density at radius 2 is 2.12 bits per heavy atom. The van der Waals surface area contributed by atoms with E-state index in [4.69, 9.17) is 33.3 Å². The van der Waals surface area contributed by atoms with Crippen molar-refractivity contribution in [1.29, 1.82) is 0 Å². The van der Waals surface area contributed by atoms with Crippen molar-refractivity contribution in [3.05, 3.63) is 33.3 Å². The van der Waals surface area contributed by atoms with Gasteiger partial charge in [0.15, 0.2) is 17.3 Å². The van der Waals surface area contributed by atoms with Gasteiger partial charge in [-0.05, 0) is 50.7 Å². The van der Waals surface area contributed by atoms with Gasteiger partial charge >= 0.3 is 0 Å². The van der Waals surface area contributed by atoms with Crippen LogP contribution in [0.4, 0.5) is 0 Å². The SMILES string of the molecule is CCOc1cc(CNn2c(CC)n[nH]c2=S)cc(Cl)c1OC(C)C. The molecule has 0 saturated heterocycles. The summed E-state index contributed by atoms with van der Waals surface area (Å²) in [6, 6.07) is 3.79. The normalized spacial score (nSPS) is 10.9. The second-order valence-electron chi connectivity index (χ2n) is 5.47. The van der Waals surface area contributed by atoms with Gasteiger partial charge in [-0.2, -0.15) is 5.10 Å². The summed E-state index contributed by atoms with van der Waals surface area (Å²) >= 11 is 11.6. The quantitative estimate of drug-likeness (QED) is 0.685. The topological polar surface area (TPSA) is 64.1 Å². The second kappa shape index (κ2) is 8.39. The summed E-state index contributed by atoms with van der Waals surface area (Å²) in [6.45, 7) is 8.92. The Kier molecular flexibility index (Phi) is 6.51. The second-order valence-corrected chi connectivity index (χ2v) is 6.27. The van der Waals surface area contributed by atoms with Crippen molar-refractivity contribution in [3.63, 3.8) is 0 Å². The summed E-state index contributed by atoms with van der Waals surface area (Å²) in [5, 5.41) is 7.48. The molecule has 0 fully saturated rings. The van der Waals surface area contributed by atoms with E-state index in [0.717, 1.165) is 17.8 Å². The van der Waals surface area contributed by atoms with Gasteiger partial charge < -0.3 is 14.9 Å². The highest BCUT2D eigenvalue weighted by molar-refractivity contribution is 7.71. The third kappa shape index (κ3) is 4.42. The first-order valence-electron chi connectivity index (χ1n) is 7.98. The molecule has 0 aliphatic heterocycles. The van der Waals surface area contributed by atoms with E-state index in [1.807, 2.05) is 39.8 Å².